The van der Waals surface area contributed by atoms with Crippen molar-refractivity contribution in [2.45, 2.75) is 6.54 Å². The third-order valence-corrected chi connectivity index (χ3v) is 6.50. The Balaban J connectivity index is 1.24. The summed E-state index contributed by atoms with van der Waals surface area (Å²) in [6, 6.07) is 17.2. The van der Waals surface area contributed by atoms with Gasteiger partial charge in [0.2, 0.25) is 5.91 Å². The summed E-state index contributed by atoms with van der Waals surface area (Å²) in [6.45, 7) is 3.83. The summed E-state index contributed by atoms with van der Waals surface area (Å²) < 4.78 is 10.5. The number of carbonyl (C=O) groups is 1. The first-order valence-electron chi connectivity index (χ1n) is 11.0. The van der Waals surface area contributed by atoms with Gasteiger partial charge >= 0.3 is 0 Å². The molecular weight excluding hydrogens is 448 g/mol. The van der Waals surface area contributed by atoms with Gasteiger partial charge in [-0.05, 0) is 48.0 Å². The first kappa shape index (κ1) is 23.5. The zero-order valence-electron chi connectivity index (χ0n) is 19.0. The van der Waals surface area contributed by atoms with Gasteiger partial charge in [0, 0.05) is 49.7 Å². The molecule has 4 rings (SSSR count). The smallest absolute Gasteiger partial charge is 0.246 e. The molecule has 0 spiro atoms. The van der Waals surface area contributed by atoms with Crippen molar-refractivity contribution in [3.8, 4) is 28.1 Å². The maximum atomic E-state index is 12.6. The van der Waals surface area contributed by atoms with Gasteiger partial charge < -0.3 is 14.4 Å². The Kier molecular flexibility index (Phi) is 7.91. The highest BCUT2D eigenvalue weighted by Gasteiger charge is 2.20. The molecule has 0 saturated carbocycles. The average molecular weight is 475 g/mol. The number of piperazine rings is 1. The van der Waals surface area contributed by atoms with Gasteiger partial charge in [0.05, 0.1) is 12.8 Å². The number of rotatable bonds is 8. The fourth-order valence-corrected chi connectivity index (χ4v) is 4.48. The van der Waals surface area contributed by atoms with Crippen LogP contribution in [0.2, 0.25) is 0 Å². The van der Waals surface area contributed by atoms with Gasteiger partial charge in [0.1, 0.15) is 22.6 Å². The third-order valence-electron chi connectivity index (χ3n) is 5.56. The van der Waals surface area contributed by atoms with Crippen LogP contribution in [0.1, 0.15) is 11.3 Å². The molecule has 8 heteroatoms. The lowest BCUT2D eigenvalue weighted by molar-refractivity contribution is -0.127. The molecule has 34 heavy (non-hydrogen) atoms. The van der Waals surface area contributed by atoms with Crippen LogP contribution in [-0.2, 0) is 11.3 Å². The second-order valence-corrected chi connectivity index (χ2v) is 8.68. The number of benzene rings is 2. The van der Waals surface area contributed by atoms with E-state index >= 15 is 0 Å². The minimum Gasteiger partial charge on any atom is -0.497 e. The van der Waals surface area contributed by atoms with Crippen molar-refractivity contribution in [1.82, 2.24) is 14.8 Å². The van der Waals surface area contributed by atoms with Gasteiger partial charge in [-0.15, -0.1) is 11.3 Å². The number of amides is 1. The Morgan fingerprint density at radius 2 is 1.79 bits per heavy atom. The highest BCUT2D eigenvalue weighted by molar-refractivity contribution is 7.13. The SMILES string of the molecule is COc1ccc(-c2nc(CN3CCN(C(=O)/C=C/c4ccc(OCC#N)cc4)CC3)cs2)cc1. The molecule has 0 N–H and O–H groups in total. The third kappa shape index (κ3) is 6.22. The fourth-order valence-electron chi connectivity index (χ4n) is 3.66. The van der Waals surface area contributed by atoms with Gasteiger partial charge in [-0.3, -0.25) is 9.69 Å². The van der Waals surface area contributed by atoms with Gasteiger partial charge in [-0.2, -0.15) is 5.26 Å². The molecule has 1 aromatic heterocycles. The normalized spacial score (nSPS) is 14.2. The van der Waals surface area contributed by atoms with Crippen LogP contribution in [0.3, 0.4) is 0 Å². The van der Waals surface area contributed by atoms with E-state index < -0.39 is 0 Å². The van der Waals surface area contributed by atoms with Crippen molar-refractivity contribution in [2.24, 2.45) is 0 Å². The summed E-state index contributed by atoms with van der Waals surface area (Å²) in [5.41, 5.74) is 3.05. The van der Waals surface area contributed by atoms with Crippen molar-refractivity contribution < 1.29 is 14.3 Å². The van der Waals surface area contributed by atoms with Gasteiger partial charge in [-0.25, -0.2) is 4.98 Å². The number of ether oxygens (including phenoxy) is 2. The molecule has 1 amide bonds. The molecule has 3 aromatic rings. The van der Waals surface area contributed by atoms with Gasteiger partial charge in [0.25, 0.3) is 0 Å². The minimum absolute atomic E-state index is 0.0138. The number of aromatic nitrogens is 1. The molecule has 2 heterocycles. The molecule has 174 valence electrons. The molecule has 0 unspecified atom stereocenters. The van der Waals surface area contributed by atoms with Crippen molar-refractivity contribution in [1.29, 1.82) is 5.26 Å². The molecule has 1 saturated heterocycles. The quantitative estimate of drug-likeness (QED) is 0.458. The molecule has 0 aliphatic carbocycles. The number of hydrogen-bond acceptors (Lipinski definition) is 7. The van der Waals surface area contributed by atoms with E-state index in [0.29, 0.717) is 18.8 Å². The standard InChI is InChI=1S/C26H26N4O3S/c1-32-23-9-5-21(6-10-23)26-28-22(19-34-26)18-29-13-15-30(16-14-29)25(31)11-4-20-2-7-24(8-3-20)33-17-12-27/h2-11,19H,13-18H2,1H3/b11-4+. The Bertz CT molecular complexity index is 1160. The van der Waals surface area contributed by atoms with Crippen LogP contribution in [0.4, 0.5) is 0 Å². The molecule has 1 fully saturated rings. The highest BCUT2D eigenvalue weighted by atomic mass is 32.1. The van der Waals surface area contributed by atoms with Crippen molar-refractivity contribution in [3.63, 3.8) is 0 Å². The second-order valence-electron chi connectivity index (χ2n) is 7.82. The molecule has 0 bridgehead atoms. The summed E-state index contributed by atoms with van der Waals surface area (Å²) in [4.78, 5) is 21.6. The number of hydrogen-bond donors (Lipinski definition) is 0. The van der Waals surface area contributed by atoms with E-state index in [-0.39, 0.29) is 12.5 Å². The first-order valence-corrected chi connectivity index (χ1v) is 11.9. The summed E-state index contributed by atoms with van der Waals surface area (Å²) in [5, 5.41) is 11.7. The lowest BCUT2D eigenvalue weighted by Crippen LogP contribution is -2.47. The monoisotopic (exact) mass is 474 g/mol. The molecule has 0 radical (unpaired) electrons. The number of thiazole rings is 1. The highest BCUT2D eigenvalue weighted by Crippen LogP contribution is 2.26. The van der Waals surface area contributed by atoms with E-state index in [1.54, 1.807) is 42.7 Å². The van der Waals surface area contributed by atoms with Crippen molar-refractivity contribution in [3.05, 3.63) is 71.2 Å². The minimum atomic E-state index is 0.0138. The largest absolute Gasteiger partial charge is 0.497 e. The number of carbonyl (C=O) groups excluding carboxylic acids is 1. The summed E-state index contributed by atoms with van der Waals surface area (Å²) in [5.74, 6) is 1.49. The Morgan fingerprint density at radius 3 is 2.47 bits per heavy atom. The zero-order chi connectivity index (χ0) is 23.8. The molecule has 1 aliphatic heterocycles. The van der Waals surface area contributed by atoms with E-state index in [0.717, 1.165) is 47.2 Å². The topological polar surface area (TPSA) is 78.7 Å². The van der Waals surface area contributed by atoms with Crippen LogP contribution in [0.15, 0.2) is 60.0 Å². The van der Waals surface area contributed by atoms with E-state index in [1.807, 2.05) is 47.4 Å². The molecule has 7 nitrogen and oxygen atoms in total. The maximum absolute atomic E-state index is 12.6. The fraction of sp³-hybridized carbons (Fsp3) is 0.269. The van der Waals surface area contributed by atoms with Gasteiger partial charge in [-0.1, -0.05) is 12.1 Å². The average Bonchev–Trinajstić information content (AvgIpc) is 3.35. The Hall–Kier alpha value is -3.67. The number of nitrogens with zero attached hydrogens (tertiary/aromatic N) is 4. The van der Waals surface area contributed by atoms with Crippen molar-refractivity contribution >= 4 is 23.3 Å². The van der Waals surface area contributed by atoms with Crippen LogP contribution in [0.25, 0.3) is 16.6 Å². The first-order chi connectivity index (χ1) is 16.6. The lowest BCUT2D eigenvalue weighted by atomic mass is 10.2. The Morgan fingerprint density at radius 1 is 1.09 bits per heavy atom. The number of nitriles is 1. The molecule has 1 aliphatic rings. The summed E-state index contributed by atoms with van der Waals surface area (Å²) >= 11 is 1.64. The zero-order valence-corrected chi connectivity index (χ0v) is 19.8. The van der Waals surface area contributed by atoms with E-state index in [4.69, 9.17) is 19.7 Å². The van der Waals surface area contributed by atoms with Crippen LogP contribution < -0.4 is 9.47 Å². The molecule has 0 atom stereocenters. The molecule has 2 aromatic carbocycles. The summed E-state index contributed by atoms with van der Waals surface area (Å²) in [7, 11) is 1.66. The van der Waals surface area contributed by atoms with Gasteiger partial charge in [0.15, 0.2) is 6.61 Å². The summed E-state index contributed by atoms with van der Waals surface area (Å²) in [6.07, 6.45) is 3.42. The van der Waals surface area contributed by atoms with Crippen LogP contribution in [0, 0.1) is 11.3 Å². The molecular formula is C26H26N4O3S. The Labute approximate surface area is 203 Å². The predicted octanol–water partition coefficient (Wildman–Crippen LogP) is 4.08. The van der Waals surface area contributed by atoms with Crippen LogP contribution in [-0.4, -0.2) is 60.6 Å². The van der Waals surface area contributed by atoms with E-state index in [2.05, 4.69) is 10.3 Å². The van der Waals surface area contributed by atoms with Crippen LogP contribution >= 0.6 is 11.3 Å². The van der Waals surface area contributed by atoms with Crippen LogP contribution in [0.5, 0.6) is 11.5 Å². The van der Waals surface area contributed by atoms with Crippen molar-refractivity contribution in [2.75, 3.05) is 39.9 Å². The predicted molar refractivity (Wildman–Crippen MR) is 133 cm³/mol. The maximum Gasteiger partial charge on any atom is 0.246 e. The second kappa shape index (κ2) is 11.5. The van der Waals surface area contributed by atoms with E-state index in [9.17, 15) is 4.79 Å². The number of methoxy groups -OCH3 is 1. The van der Waals surface area contributed by atoms with E-state index in [1.165, 1.54) is 0 Å². The lowest BCUT2D eigenvalue weighted by Gasteiger charge is -2.33.